The summed E-state index contributed by atoms with van der Waals surface area (Å²) in [4.78, 5) is 11.9. The first-order valence-corrected chi connectivity index (χ1v) is 8.00. The molecule has 0 radical (unpaired) electrons. The lowest BCUT2D eigenvalue weighted by Gasteiger charge is -2.32. The van der Waals surface area contributed by atoms with Gasteiger partial charge in [-0.05, 0) is 43.9 Å². The average molecular weight is 268 g/mol. The first-order chi connectivity index (χ1) is 8.99. The van der Waals surface area contributed by atoms with Gasteiger partial charge in [-0.25, -0.2) is 0 Å². The van der Waals surface area contributed by atoms with Crippen LogP contribution in [0.3, 0.4) is 0 Å². The highest BCUT2D eigenvalue weighted by atomic mass is 16.2. The fourth-order valence-corrected chi connectivity index (χ4v) is 3.31. The highest BCUT2D eigenvalue weighted by molar-refractivity contribution is 5.81. The van der Waals surface area contributed by atoms with Gasteiger partial charge in [0.2, 0.25) is 5.91 Å². The van der Waals surface area contributed by atoms with Crippen LogP contribution < -0.4 is 10.6 Å². The Bertz CT molecular complexity index is 270. The molecule has 3 heteroatoms. The molecule has 0 aromatic rings. The van der Waals surface area contributed by atoms with E-state index in [4.69, 9.17) is 0 Å². The molecule has 19 heavy (non-hydrogen) atoms. The number of carbonyl (C=O) groups excluding carboxylic acids is 1. The minimum atomic E-state index is -0.0730. The summed E-state index contributed by atoms with van der Waals surface area (Å²) in [6, 6.07) is -0.0730. The lowest BCUT2D eigenvalue weighted by atomic mass is 9.78. The van der Waals surface area contributed by atoms with E-state index in [9.17, 15) is 4.79 Å². The van der Waals surface area contributed by atoms with Gasteiger partial charge in [-0.2, -0.15) is 0 Å². The van der Waals surface area contributed by atoms with Crippen molar-refractivity contribution in [1.82, 2.24) is 10.6 Å². The molecule has 112 valence electrons. The number of hydrogen-bond acceptors (Lipinski definition) is 2. The van der Waals surface area contributed by atoms with E-state index in [1.807, 2.05) is 6.92 Å². The van der Waals surface area contributed by atoms with Crippen LogP contribution in [0.2, 0.25) is 0 Å². The molecule has 1 unspecified atom stereocenters. The summed E-state index contributed by atoms with van der Waals surface area (Å²) in [5, 5.41) is 6.43. The van der Waals surface area contributed by atoms with Gasteiger partial charge in [0.1, 0.15) is 0 Å². The summed E-state index contributed by atoms with van der Waals surface area (Å²) < 4.78 is 0. The molecule has 1 saturated carbocycles. The van der Waals surface area contributed by atoms with Gasteiger partial charge in [-0.15, -0.1) is 0 Å². The van der Waals surface area contributed by atoms with Gasteiger partial charge in [0.15, 0.2) is 0 Å². The quantitative estimate of drug-likeness (QED) is 0.710. The molecule has 0 bridgehead atoms. The minimum absolute atomic E-state index is 0.0730. The van der Waals surface area contributed by atoms with Crippen molar-refractivity contribution in [3.8, 4) is 0 Å². The van der Waals surface area contributed by atoms with Crippen LogP contribution in [0.25, 0.3) is 0 Å². The van der Waals surface area contributed by atoms with Gasteiger partial charge in [-0.1, -0.05) is 33.6 Å². The van der Waals surface area contributed by atoms with Crippen LogP contribution in [0, 0.1) is 11.3 Å². The molecule has 1 amide bonds. The second-order valence-electron chi connectivity index (χ2n) is 6.70. The molecule has 1 atom stereocenters. The Labute approximate surface area is 118 Å². The predicted molar refractivity (Wildman–Crippen MR) is 81.1 cm³/mol. The van der Waals surface area contributed by atoms with Crippen molar-refractivity contribution in [2.24, 2.45) is 11.3 Å². The maximum absolute atomic E-state index is 11.9. The zero-order chi connectivity index (χ0) is 14.3. The number of carbonyl (C=O) groups is 1. The normalized spacial score (nSPS) is 19.6. The first kappa shape index (κ1) is 16.5. The van der Waals surface area contributed by atoms with Gasteiger partial charge in [0.25, 0.3) is 0 Å². The second-order valence-corrected chi connectivity index (χ2v) is 6.70. The van der Waals surface area contributed by atoms with E-state index >= 15 is 0 Å². The van der Waals surface area contributed by atoms with Gasteiger partial charge < -0.3 is 10.6 Å². The summed E-state index contributed by atoms with van der Waals surface area (Å²) >= 11 is 0. The predicted octanol–water partition coefficient (Wildman–Crippen LogP) is 3.10. The van der Waals surface area contributed by atoms with Gasteiger partial charge in [0, 0.05) is 13.1 Å². The largest absolute Gasteiger partial charge is 0.355 e. The third kappa shape index (κ3) is 5.52. The van der Waals surface area contributed by atoms with Crippen LogP contribution in [-0.2, 0) is 4.79 Å². The van der Waals surface area contributed by atoms with E-state index < -0.39 is 0 Å². The Morgan fingerprint density at radius 3 is 2.37 bits per heavy atom. The highest BCUT2D eigenvalue weighted by Gasteiger charge is 2.34. The fourth-order valence-electron chi connectivity index (χ4n) is 3.31. The van der Waals surface area contributed by atoms with Crippen molar-refractivity contribution in [1.29, 1.82) is 0 Å². The summed E-state index contributed by atoms with van der Waals surface area (Å²) in [5.74, 6) is 0.878. The van der Waals surface area contributed by atoms with Crippen LogP contribution in [-0.4, -0.2) is 25.0 Å². The molecule has 1 aliphatic carbocycles. The van der Waals surface area contributed by atoms with Crippen LogP contribution in [0.1, 0.15) is 66.2 Å². The van der Waals surface area contributed by atoms with Crippen molar-refractivity contribution >= 4 is 5.91 Å². The SMILES string of the molecule is CCCNC(=O)C(C)NCC1(CC(C)C)CCCC1. The summed E-state index contributed by atoms with van der Waals surface area (Å²) in [6.45, 7) is 10.4. The maximum atomic E-state index is 11.9. The maximum Gasteiger partial charge on any atom is 0.236 e. The van der Waals surface area contributed by atoms with E-state index in [2.05, 4.69) is 31.4 Å². The lowest BCUT2D eigenvalue weighted by Crippen LogP contribution is -2.46. The third-order valence-corrected chi connectivity index (χ3v) is 4.23. The van der Waals surface area contributed by atoms with E-state index in [1.54, 1.807) is 0 Å². The molecule has 0 aromatic carbocycles. The van der Waals surface area contributed by atoms with Gasteiger partial charge in [0.05, 0.1) is 6.04 Å². The van der Waals surface area contributed by atoms with Crippen LogP contribution >= 0.6 is 0 Å². The minimum Gasteiger partial charge on any atom is -0.355 e. The molecule has 1 rings (SSSR count). The van der Waals surface area contributed by atoms with E-state index in [0.717, 1.165) is 25.4 Å². The summed E-state index contributed by atoms with van der Waals surface area (Å²) in [5.41, 5.74) is 0.438. The lowest BCUT2D eigenvalue weighted by molar-refractivity contribution is -0.122. The fraction of sp³-hybridized carbons (Fsp3) is 0.938. The molecule has 1 fully saturated rings. The Kier molecular flexibility index (Phi) is 6.84. The molecule has 3 nitrogen and oxygen atoms in total. The monoisotopic (exact) mass is 268 g/mol. The Morgan fingerprint density at radius 1 is 1.21 bits per heavy atom. The molecule has 2 N–H and O–H groups in total. The standard InChI is InChI=1S/C16H32N2O/c1-5-10-17-15(19)14(4)18-12-16(11-13(2)3)8-6-7-9-16/h13-14,18H,5-12H2,1-4H3,(H,17,19). The molecule has 0 aromatic heterocycles. The number of nitrogens with one attached hydrogen (secondary N) is 2. The molecule has 0 saturated heterocycles. The molecular weight excluding hydrogens is 236 g/mol. The van der Waals surface area contributed by atoms with Crippen molar-refractivity contribution in [3.05, 3.63) is 0 Å². The van der Waals surface area contributed by atoms with Gasteiger partial charge >= 0.3 is 0 Å². The third-order valence-electron chi connectivity index (χ3n) is 4.23. The highest BCUT2D eigenvalue weighted by Crippen LogP contribution is 2.42. The van der Waals surface area contributed by atoms with Crippen LogP contribution in [0.5, 0.6) is 0 Å². The zero-order valence-electron chi connectivity index (χ0n) is 13.2. The number of rotatable bonds is 8. The summed E-state index contributed by atoms with van der Waals surface area (Å²) in [6.07, 6.45) is 7.62. The molecule has 1 aliphatic rings. The van der Waals surface area contributed by atoms with E-state index in [1.165, 1.54) is 32.1 Å². The zero-order valence-corrected chi connectivity index (χ0v) is 13.2. The van der Waals surface area contributed by atoms with Crippen molar-refractivity contribution in [3.63, 3.8) is 0 Å². The second kappa shape index (κ2) is 7.88. The van der Waals surface area contributed by atoms with Crippen molar-refractivity contribution < 1.29 is 4.79 Å². The van der Waals surface area contributed by atoms with E-state index in [0.29, 0.717) is 5.41 Å². The average Bonchev–Trinajstić information content (AvgIpc) is 2.81. The Hall–Kier alpha value is -0.570. The molecule has 0 spiro atoms. The van der Waals surface area contributed by atoms with Crippen molar-refractivity contribution in [2.45, 2.75) is 72.3 Å². The Balaban J connectivity index is 2.41. The number of hydrogen-bond donors (Lipinski definition) is 2. The van der Waals surface area contributed by atoms with Gasteiger partial charge in [-0.3, -0.25) is 4.79 Å². The number of amides is 1. The van der Waals surface area contributed by atoms with Crippen LogP contribution in [0.4, 0.5) is 0 Å². The topological polar surface area (TPSA) is 41.1 Å². The molecular formula is C16H32N2O. The smallest absolute Gasteiger partial charge is 0.236 e. The first-order valence-electron chi connectivity index (χ1n) is 8.00. The Morgan fingerprint density at radius 2 is 1.84 bits per heavy atom. The van der Waals surface area contributed by atoms with Crippen LogP contribution in [0.15, 0.2) is 0 Å². The summed E-state index contributed by atoms with van der Waals surface area (Å²) in [7, 11) is 0. The molecule has 0 heterocycles. The molecule has 0 aliphatic heterocycles. The van der Waals surface area contributed by atoms with Crippen molar-refractivity contribution in [2.75, 3.05) is 13.1 Å². The van der Waals surface area contributed by atoms with E-state index in [-0.39, 0.29) is 11.9 Å².